The molecule has 0 saturated carbocycles. The molecule has 4 N–H and O–H groups in total. The van der Waals surface area contributed by atoms with E-state index < -0.39 is 12.7 Å². The van der Waals surface area contributed by atoms with Crippen molar-refractivity contribution in [3.8, 4) is 16.9 Å². The Morgan fingerprint density at radius 2 is 2.05 bits per heavy atom. The zero-order valence-electron chi connectivity index (χ0n) is 22.2. The summed E-state index contributed by atoms with van der Waals surface area (Å²) in [5, 5.41) is 11.9. The lowest BCUT2D eigenvalue weighted by molar-refractivity contribution is 0.0827. The lowest BCUT2D eigenvalue weighted by Gasteiger charge is -2.25. The Balaban J connectivity index is 2.21. The number of aromatic nitrogens is 2. The number of amides is 1. The largest absolute Gasteiger partial charge is 0.490 e. The molecule has 0 saturated heterocycles. The van der Waals surface area contributed by atoms with E-state index in [0.29, 0.717) is 44.4 Å². The number of rotatable bonds is 10. The minimum absolute atomic E-state index is 0.150. The van der Waals surface area contributed by atoms with Gasteiger partial charge < -0.3 is 26.1 Å². The molecule has 1 aromatic heterocycles. The molecular formula is C28H32ClFN6O2. The molecule has 0 aliphatic carbocycles. The molecule has 0 bridgehead atoms. The van der Waals surface area contributed by atoms with Gasteiger partial charge in [0, 0.05) is 41.5 Å². The Labute approximate surface area is 227 Å². The van der Waals surface area contributed by atoms with Gasteiger partial charge in [0.25, 0.3) is 5.91 Å². The summed E-state index contributed by atoms with van der Waals surface area (Å²) >= 11 is 6.71. The molecule has 1 amide bonds. The molecule has 0 radical (unpaired) electrons. The minimum atomic E-state index is -0.684. The number of hydrogen-bond acceptors (Lipinski definition) is 7. The SMILES string of the molecule is C=Cc1cc(-c2c(C)c(Cl)cc(C(C)Nc3ncnc(N)c3C(C)=N)c2OCCF)ccc1C(=O)N(C)C. The Kier molecular flexibility index (Phi) is 9.06. The van der Waals surface area contributed by atoms with E-state index in [1.54, 1.807) is 39.2 Å². The van der Waals surface area contributed by atoms with E-state index in [2.05, 4.69) is 21.9 Å². The van der Waals surface area contributed by atoms with Crippen molar-refractivity contribution in [1.82, 2.24) is 14.9 Å². The molecule has 38 heavy (non-hydrogen) atoms. The lowest BCUT2D eigenvalue weighted by atomic mass is 9.91. The van der Waals surface area contributed by atoms with E-state index in [-0.39, 0.29) is 24.0 Å². The maximum Gasteiger partial charge on any atom is 0.253 e. The van der Waals surface area contributed by atoms with Gasteiger partial charge in [-0.2, -0.15) is 0 Å². The van der Waals surface area contributed by atoms with Gasteiger partial charge in [0.2, 0.25) is 0 Å². The summed E-state index contributed by atoms with van der Waals surface area (Å²) in [4.78, 5) is 22.4. The fourth-order valence-electron chi connectivity index (χ4n) is 4.19. The van der Waals surface area contributed by atoms with E-state index in [9.17, 15) is 9.18 Å². The highest BCUT2D eigenvalue weighted by Gasteiger charge is 2.24. The zero-order chi connectivity index (χ0) is 28.1. The summed E-state index contributed by atoms with van der Waals surface area (Å²) in [5.74, 6) is 0.861. The van der Waals surface area contributed by atoms with Crippen molar-refractivity contribution >= 4 is 40.9 Å². The van der Waals surface area contributed by atoms with Crippen molar-refractivity contribution in [2.75, 3.05) is 38.4 Å². The number of hydrogen-bond donors (Lipinski definition) is 3. The van der Waals surface area contributed by atoms with Gasteiger partial charge in [0.15, 0.2) is 0 Å². The molecule has 2 aromatic carbocycles. The maximum atomic E-state index is 13.3. The van der Waals surface area contributed by atoms with Crippen molar-refractivity contribution in [2.45, 2.75) is 26.8 Å². The second kappa shape index (κ2) is 12.0. The van der Waals surface area contributed by atoms with E-state index in [0.717, 1.165) is 11.1 Å². The summed E-state index contributed by atoms with van der Waals surface area (Å²) in [6.45, 7) is 8.36. The molecule has 8 nitrogen and oxygen atoms in total. The average Bonchev–Trinajstić information content (AvgIpc) is 2.87. The maximum absolute atomic E-state index is 13.3. The van der Waals surface area contributed by atoms with Gasteiger partial charge in [0.05, 0.1) is 11.6 Å². The Morgan fingerprint density at radius 1 is 1.34 bits per heavy atom. The molecular weight excluding hydrogens is 507 g/mol. The summed E-state index contributed by atoms with van der Waals surface area (Å²) in [6.07, 6.45) is 2.94. The van der Waals surface area contributed by atoms with Crippen LogP contribution in [0.25, 0.3) is 17.2 Å². The van der Waals surface area contributed by atoms with E-state index >= 15 is 0 Å². The first kappa shape index (κ1) is 28.6. The molecule has 10 heteroatoms. The van der Waals surface area contributed by atoms with Gasteiger partial charge in [-0.25, -0.2) is 14.4 Å². The van der Waals surface area contributed by atoms with Crippen LogP contribution < -0.4 is 15.8 Å². The lowest BCUT2D eigenvalue weighted by Crippen LogP contribution is -2.22. The molecule has 0 aliphatic rings. The number of alkyl halides is 1. The first-order chi connectivity index (χ1) is 18.0. The number of nitrogens with zero attached hydrogens (tertiary/aromatic N) is 3. The predicted molar refractivity (Wildman–Crippen MR) is 152 cm³/mol. The second-order valence-corrected chi connectivity index (χ2v) is 9.40. The quantitative estimate of drug-likeness (QED) is 0.275. The number of benzene rings is 2. The normalized spacial score (nSPS) is 11.6. The van der Waals surface area contributed by atoms with Crippen LogP contribution in [0.3, 0.4) is 0 Å². The number of nitrogens with one attached hydrogen (secondary N) is 2. The highest BCUT2D eigenvalue weighted by Crippen LogP contribution is 2.43. The molecule has 3 rings (SSSR count). The fourth-order valence-corrected chi connectivity index (χ4v) is 4.41. The van der Waals surface area contributed by atoms with Crippen LogP contribution in [0.2, 0.25) is 5.02 Å². The molecule has 1 unspecified atom stereocenters. The molecule has 1 heterocycles. The fraction of sp³-hybridized carbons (Fsp3) is 0.286. The standard InChI is InChI=1S/C28H32ClFN6O2/c1-7-18-12-19(8-9-20(18)28(37)36(5)6)23-15(2)22(29)13-21(25(23)38-11-10-30)17(4)35-27-24(16(3)31)26(32)33-14-34-27/h7-9,12-14,17,31H,1,10-11H2,2-6H3,(H3,32,33,34,35). The van der Waals surface area contributed by atoms with Crippen LogP contribution in [0.4, 0.5) is 16.0 Å². The zero-order valence-corrected chi connectivity index (χ0v) is 22.9. The first-order valence-corrected chi connectivity index (χ1v) is 12.3. The number of ether oxygens (including phenoxy) is 1. The van der Waals surface area contributed by atoms with Crippen molar-refractivity contribution < 1.29 is 13.9 Å². The Hall–Kier alpha value is -3.98. The van der Waals surface area contributed by atoms with E-state index in [1.807, 2.05) is 26.0 Å². The van der Waals surface area contributed by atoms with Crippen LogP contribution in [0.15, 0.2) is 37.2 Å². The molecule has 0 aliphatic heterocycles. The van der Waals surface area contributed by atoms with Crippen LogP contribution in [0.5, 0.6) is 5.75 Å². The topological polar surface area (TPSA) is 117 Å². The Bertz CT molecular complexity index is 1390. The number of carbonyl (C=O) groups excluding carboxylic acids is 1. The van der Waals surface area contributed by atoms with E-state index in [4.69, 9.17) is 27.5 Å². The van der Waals surface area contributed by atoms with Crippen molar-refractivity contribution in [3.05, 3.63) is 70.0 Å². The highest BCUT2D eigenvalue weighted by molar-refractivity contribution is 6.32. The van der Waals surface area contributed by atoms with Crippen LogP contribution in [0, 0.1) is 12.3 Å². The van der Waals surface area contributed by atoms with Crippen LogP contribution in [-0.2, 0) is 0 Å². The van der Waals surface area contributed by atoms with Gasteiger partial charge >= 0.3 is 0 Å². The van der Waals surface area contributed by atoms with Crippen LogP contribution in [-0.4, -0.2) is 53.9 Å². The third kappa shape index (κ3) is 5.78. The first-order valence-electron chi connectivity index (χ1n) is 11.9. The van der Waals surface area contributed by atoms with Crippen LogP contribution >= 0.6 is 11.6 Å². The highest BCUT2D eigenvalue weighted by atomic mass is 35.5. The van der Waals surface area contributed by atoms with Crippen LogP contribution in [0.1, 0.15) is 52.5 Å². The Morgan fingerprint density at radius 3 is 2.66 bits per heavy atom. The third-order valence-electron chi connectivity index (χ3n) is 6.10. The van der Waals surface area contributed by atoms with Gasteiger partial charge in [-0.3, -0.25) is 4.79 Å². The molecule has 3 aromatic rings. The summed E-state index contributed by atoms with van der Waals surface area (Å²) < 4.78 is 19.3. The minimum Gasteiger partial charge on any atom is -0.490 e. The van der Waals surface area contributed by atoms with Gasteiger partial charge in [-0.15, -0.1) is 0 Å². The van der Waals surface area contributed by atoms with Gasteiger partial charge in [-0.05, 0) is 55.7 Å². The van der Waals surface area contributed by atoms with Gasteiger partial charge in [0.1, 0.15) is 37.0 Å². The third-order valence-corrected chi connectivity index (χ3v) is 6.49. The summed E-state index contributed by atoms with van der Waals surface area (Å²) in [6, 6.07) is 6.73. The summed E-state index contributed by atoms with van der Waals surface area (Å²) in [7, 11) is 3.37. The monoisotopic (exact) mass is 538 g/mol. The number of nitrogens with two attached hydrogens (primary N) is 1. The van der Waals surface area contributed by atoms with E-state index in [1.165, 1.54) is 11.2 Å². The second-order valence-electron chi connectivity index (χ2n) is 8.99. The number of halogens is 2. The van der Waals surface area contributed by atoms with Crippen molar-refractivity contribution in [3.63, 3.8) is 0 Å². The van der Waals surface area contributed by atoms with Crippen molar-refractivity contribution in [1.29, 1.82) is 5.41 Å². The molecule has 1 atom stereocenters. The molecule has 200 valence electrons. The van der Waals surface area contributed by atoms with Gasteiger partial charge in [-0.1, -0.05) is 30.3 Å². The van der Waals surface area contributed by atoms with Crippen molar-refractivity contribution in [2.24, 2.45) is 0 Å². The number of carbonyl (C=O) groups is 1. The average molecular weight is 539 g/mol. The number of nitrogen functional groups attached to an aromatic ring is 1. The predicted octanol–water partition coefficient (Wildman–Crippen LogP) is 5.94. The molecule has 0 fully saturated rings. The number of anilines is 2. The molecule has 0 spiro atoms. The smallest absolute Gasteiger partial charge is 0.253 e. The summed E-state index contributed by atoms with van der Waals surface area (Å²) in [5.41, 5.74) is 10.6.